The zero-order valence-electron chi connectivity index (χ0n) is 9.20. The summed E-state index contributed by atoms with van der Waals surface area (Å²) < 4.78 is 5.22. The topological polar surface area (TPSA) is 32.7 Å². The first-order valence-corrected chi connectivity index (χ1v) is 5.15. The molecule has 3 nitrogen and oxygen atoms in total. The molecular formula is C11H16ClNO2. The molecule has 0 heterocycles. The maximum atomic E-state index is 9.30. The van der Waals surface area contributed by atoms with Crippen LogP contribution in [0.15, 0.2) is 18.2 Å². The smallest absolute Gasteiger partial charge is 0.142 e. The van der Waals surface area contributed by atoms with Crippen LogP contribution in [0.3, 0.4) is 0 Å². The molecule has 0 aliphatic heterocycles. The number of nitrogens with zero attached hydrogens (tertiary/aromatic N) is 1. The predicted molar refractivity (Wildman–Crippen MR) is 63.0 cm³/mol. The SMILES string of the molecule is COc1ccc(Cl)cc1N(C)CC(C)O. The molecule has 0 spiro atoms. The van der Waals surface area contributed by atoms with Crippen molar-refractivity contribution in [2.75, 3.05) is 25.6 Å². The van der Waals surface area contributed by atoms with Crippen LogP contribution in [0.5, 0.6) is 5.75 Å². The van der Waals surface area contributed by atoms with Crippen LogP contribution in [0.1, 0.15) is 6.92 Å². The summed E-state index contributed by atoms with van der Waals surface area (Å²) in [6, 6.07) is 5.42. The largest absolute Gasteiger partial charge is 0.495 e. The van der Waals surface area contributed by atoms with E-state index in [1.165, 1.54) is 0 Å². The van der Waals surface area contributed by atoms with Gasteiger partial charge in [0.05, 0.1) is 18.9 Å². The fourth-order valence-electron chi connectivity index (χ4n) is 1.46. The highest BCUT2D eigenvalue weighted by atomic mass is 35.5. The van der Waals surface area contributed by atoms with Crippen molar-refractivity contribution in [3.63, 3.8) is 0 Å². The number of hydrogen-bond acceptors (Lipinski definition) is 3. The van der Waals surface area contributed by atoms with E-state index in [1.54, 1.807) is 20.1 Å². The van der Waals surface area contributed by atoms with Crippen LogP contribution in [0, 0.1) is 0 Å². The monoisotopic (exact) mass is 229 g/mol. The molecule has 1 atom stereocenters. The van der Waals surface area contributed by atoms with Crippen molar-refractivity contribution >= 4 is 17.3 Å². The lowest BCUT2D eigenvalue weighted by molar-refractivity contribution is 0.201. The maximum absolute atomic E-state index is 9.30. The molecular weight excluding hydrogens is 214 g/mol. The van der Waals surface area contributed by atoms with Crippen LogP contribution in [0.4, 0.5) is 5.69 Å². The summed E-state index contributed by atoms with van der Waals surface area (Å²) in [6.45, 7) is 2.28. The quantitative estimate of drug-likeness (QED) is 0.859. The van der Waals surface area contributed by atoms with E-state index in [0.717, 1.165) is 11.4 Å². The van der Waals surface area contributed by atoms with Gasteiger partial charge in [0, 0.05) is 18.6 Å². The Morgan fingerprint density at radius 3 is 2.73 bits per heavy atom. The van der Waals surface area contributed by atoms with E-state index in [9.17, 15) is 5.11 Å². The lowest BCUT2D eigenvalue weighted by Crippen LogP contribution is -2.27. The summed E-state index contributed by atoms with van der Waals surface area (Å²) >= 11 is 5.91. The molecule has 0 aromatic heterocycles. The molecule has 0 amide bonds. The number of aliphatic hydroxyl groups excluding tert-OH is 1. The van der Waals surface area contributed by atoms with Crippen molar-refractivity contribution in [1.82, 2.24) is 0 Å². The van der Waals surface area contributed by atoms with Crippen LogP contribution < -0.4 is 9.64 Å². The molecule has 1 N–H and O–H groups in total. The molecule has 0 fully saturated rings. The third-order valence-electron chi connectivity index (χ3n) is 2.09. The summed E-state index contributed by atoms with van der Waals surface area (Å²) in [5.41, 5.74) is 0.880. The van der Waals surface area contributed by atoms with Gasteiger partial charge in [-0.2, -0.15) is 0 Å². The average Bonchev–Trinajstić information content (AvgIpc) is 2.16. The second kappa shape index (κ2) is 5.24. The van der Waals surface area contributed by atoms with E-state index in [1.807, 2.05) is 24.1 Å². The number of halogens is 1. The first-order chi connectivity index (χ1) is 7.04. The summed E-state index contributed by atoms with van der Waals surface area (Å²) in [5, 5.41) is 9.96. The Morgan fingerprint density at radius 1 is 1.53 bits per heavy atom. The molecule has 0 aliphatic rings. The van der Waals surface area contributed by atoms with Crippen molar-refractivity contribution in [2.24, 2.45) is 0 Å². The zero-order chi connectivity index (χ0) is 11.4. The van der Waals surface area contributed by atoms with Gasteiger partial charge in [-0.25, -0.2) is 0 Å². The molecule has 0 bridgehead atoms. The molecule has 0 saturated heterocycles. The third kappa shape index (κ3) is 3.29. The Morgan fingerprint density at radius 2 is 2.20 bits per heavy atom. The molecule has 1 aromatic rings. The lowest BCUT2D eigenvalue weighted by atomic mass is 10.2. The van der Waals surface area contributed by atoms with Gasteiger partial charge in [0.15, 0.2) is 0 Å². The van der Waals surface area contributed by atoms with Gasteiger partial charge in [-0.3, -0.25) is 0 Å². The zero-order valence-corrected chi connectivity index (χ0v) is 9.95. The molecule has 15 heavy (non-hydrogen) atoms. The number of rotatable bonds is 4. The van der Waals surface area contributed by atoms with E-state index >= 15 is 0 Å². The van der Waals surface area contributed by atoms with Gasteiger partial charge >= 0.3 is 0 Å². The first kappa shape index (κ1) is 12.1. The van der Waals surface area contributed by atoms with Gasteiger partial charge in [-0.15, -0.1) is 0 Å². The van der Waals surface area contributed by atoms with E-state index in [0.29, 0.717) is 11.6 Å². The van der Waals surface area contributed by atoms with Gasteiger partial charge in [0.25, 0.3) is 0 Å². The number of aliphatic hydroxyl groups is 1. The fraction of sp³-hybridized carbons (Fsp3) is 0.455. The molecule has 0 aliphatic carbocycles. The first-order valence-electron chi connectivity index (χ1n) is 4.77. The van der Waals surface area contributed by atoms with E-state index in [4.69, 9.17) is 16.3 Å². The van der Waals surface area contributed by atoms with Crippen LogP contribution in [-0.4, -0.2) is 31.9 Å². The predicted octanol–water partition coefficient (Wildman–Crippen LogP) is 2.17. The summed E-state index contributed by atoms with van der Waals surface area (Å²) in [6.07, 6.45) is -0.390. The van der Waals surface area contributed by atoms with Crippen LogP contribution in [0.25, 0.3) is 0 Å². The van der Waals surface area contributed by atoms with Crippen LogP contribution in [-0.2, 0) is 0 Å². The molecule has 4 heteroatoms. The number of hydrogen-bond donors (Lipinski definition) is 1. The maximum Gasteiger partial charge on any atom is 0.142 e. The number of likely N-dealkylation sites (N-methyl/N-ethyl adjacent to an activating group) is 1. The van der Waals surface area contributed by atoms with Gasteiger partial charge in [-0.05, 0) is 25.1 Å². The minimum atomic E-state index is -0.390. The van der Waals surface area contributed by atoms with Crippen molar-refractivity contribution in [2.45, 2.75) is 13.0 Å². The minimum Gasteiger partial charge on any atom is -0.495 e. The second-order valence-corrected chi connectivity index (χ2v) is 3.98. The van der Waals surface area contributed by atoms with Crippen LogP contribution in [0.2, 0.25) is 5.02 Å². The standard InChI is InChI=1S/C11H16ClNO2/c1-8(14)7-13(2)10-6-9(12)4-5-11(10)15-3/h4-6,8,14H,7H2,1-3H3. The summed E-state index contributed by atoms with van der Waals surface area (Å²) in [5.74, 6) is 0.752. The molecule has 1 rings (SSSR count). The fourth-order valence-corrected chi connectivity index (χ4v) is 1.62. The van der Waals surface area contributed by atoms with Crippen LogP contribution >= 0.6 is 11.6 Å². The van der Waals surface area contributed by atoms with Crippen molar-refractivity contribution in [3.05, 3.63) is 23.2 Å². The molecule has 0 saturated carbocycles. The second-order valence-electron chi connectivity index (χ2n) is 3.55. The Hall–Kier alpha value is -0.930. The normalized spacial score (nSPS) is 12.3. The Labute approximate surface area is 95.2 Å². The minimum absolute atomic E-state index is 0.390. The highest BCUT2D eigenvalue weighted by molar-refractivity contribution is 6.30. The Bertz CT molecular complexity index is 328. The molecule has 1 aromatic carbocycles. The van der Waals surface area contributed by atoms with Crippen molar-refractivity contribution < 1.29 is 9.84 Å². The lowest BCUT2D eigenvalue weighted by Gasteiger charge is -2.23. The van der Waals surface area contributed by atoms with Gasteiger partial charge in [0.1, 0.15) is 5.75 Å². The van der Waals surface area contributed by atoms with Gasteiger partial charge in [-0.1, -0.05) is 11.6 Å². The molecule has 84 valence electrons. The number of methoxy groups -OCH3 is 1. The van der Waals surface area contributed by atoms with E-state index < -0.39 is 6.10 Å². The summed E-state index contributed by atoms with van der Waals surface area (Å²) in [7, 11) is 3.50. The third-order valence-corrected chi connectivity index (χ3v) is 2.33. The van der Waals surface area contributed by atoms with Gasteiger partial charge in [0.2, 0.25) is 0 Å². The van der Waals surface area contributed by atoms with E-state index in [2.05, 4.69) is 0 Å². The number of ether oxygens (including phenoxy) is 1. The number of anilines is 1. The van der Waals surface area contributed by atoms with E-state index in [-0.39, 0.29) is 0 Å². The van der Waals surface area contributed by atoms with Gasteiger partial charge < -0.3 is 14.7 Å². The Balaban J connectivity index is 2.94. The highest BCUT2D eigenvalue weighted by Crippen LogP contribution is 2.30. The summed E-state index contributed by atoms with van der Waals surface area (Å²) in [4.78, 5) is 1.91. The molecule has 1 unspecified atom stereocenters. The number of benzene rings is 1. The Kier molecular flexibility index (Phi) is 4.24. The molecule has 0 radical (unpaired) electrons. The highest BCUT2D eigenvalue weighted by Gasteiger charge is 2.10. The van der Waals surface area contributed by atoms with Crippen molar-refractivity contribution in [1.29, 1.82) is 0 Å². The average molecular weight is 230 g/mol. The van der Waals surface area contributed by atoms with Crippen molar-refractivity contribution in [3.8, 4) is 5.75 Å².